The van der Waals surface area contributed by atoms with Gasteiger partial charge in [0.15, 0.2) is 5.78 Å². The summed E-state index contributed by atoms with van der Waals surface area (Å²) in [4.78, 5) is 27.4. The minimum absolute atomic E-state index is 0.0867. The lowest BCUT2D eigenvalue weighted by Crippen LogP contribution is -2.73. The van der Waals surface area contributed by atoms with Gasteiger partial charge in [-0.05, 0) is 52.0 Å². The van der Waals surface area contributed by atoms with Crippen LogP contribution in [-0.4, -0.2) is 48.6 Å². The summed E-state index contributed by atoms with van der Waals surface area (Å²) in [7, 11) is 0. The van der Waals surface area contributed by atoms with Crippen LogP contribution in [0.4, 0.5) is 10.5 Å². The van der Waals surface area contributed by atoms with Crippen molar-refractivity contribution in [2.24, 2.45) is 5.41 Å². The van der Waals surface area contributed by atoms with Crippen molar-refractivity contribution in [1.29, 1.82) is 0 Å². The number of rotatable bonds is 2. The van der Waals surface area contributed by atoms with Crippen LogP contribution in [0.2, 0.25) is 0 Å². The van der Waals surface area contributed by atoms with E-state index in [0.717, 1.165) is 37.4 Å². The second-order valence-corrected chi connectivity index (χ2v) is 7.80. The van der Waals surface area contributed by atoms with Gasteiger partial charge in [-0.1, -0.05) is 0 Å². The number of ketones is 1. The molecule has 0 aliphatic carbocycles. The molecule has 2 saturated heterocycles. The van der Waals surface area contributed by atoms with E-state index < -0.39 is 5.60 Å². The highest BCUT2D eigenvalue weighted by atomic mass is 16.6. The molecule has 5 nitrogen and oxygen atoms in total. The summed E-state index contributed by atoms with van der Waals surface area (Å²) in [5.74, 6) is 0.0867. The molecule has 1 amide bonds. The molecule has 0 unspecified atom stereocenters. The third-order valence-corrected chi connectivity index (χ3v) is 4.40. The lowest BCUT2D eigenvalue weighted by molar-refractivity contribution is -0.0453. The van der Waals surface area contributed by atoms with Gasteiger partial charge in [0, 0.05) is 42.8 Å². The fraction of sp³-hybridized carbons (Fsp3) is 0.556. The zero-order chi connectivity index (χ0) is 16.8. The fourth-order valence-corrected chi connectivity index (χ4v) is 3.27. The second-order valence-electron chi connectivity index (χ2n) is 7.80. The molecule has 0 N–H and O–H groups in total. The molecule has 2 aliphatic heterocycles. The lowest BCUT2D eigenvalue weighted by atomic mass is 9.73. The minimum Gasteiger partial charge on any atom is -0.444 e. The molecule has 5 heteroatoms. The first kappa shape index (κ1) is 15.8. The zero-order valence-corrected chi connectivity index (χ0v) is 14.3. The number of anilines is 1. The van der Waals surface area contributed by atoms with E-state index in [2.05, 4.69) is 4.90 Å². The molecule has 0 saturated carbocycles. The van der Waals surface area contributed by atoms with Crippen LogP contribution in [0, 0.1) is 5.41 Å². The summed E-state index contributed by atoms with van der Waals surface area (Å²) < 4.78 is 5.39. The Balaban J connectivity index is 1.50. The van der Waals surface area contributed by atoms with E-state index in [1.165, 1.54) is 0 Å². The maximum atomic E-state index is 12.0. The SMILES string of the molecule is CC(=O)c1ccc(N2CC3(CN(C(=O)OC(C)(C)C)C3)C2)cc1. The van der Waals surface area contributed by atoms with Gasteiger partial charge in [-0.3, -0.25) is 4.79 Å². The van der Waals surface area contributed by atoms with Gasteiger partial charge < -0.3 is 14.5 Å². The number of nitrogens with zero attached hydrogens (tertiary/aromatic N) is 2. The topological polar surface area (TPSA) is 49.9 Å². The predicted octanol–water partition coefficient (Wildman–Crippen LogP) is 2.95. The van der Waals surface area contributed by atoms with Crippen molar-refractivity contribution in [2.45, 2.75) is 33.3 Å². The first-order valence-corrected chi connectivity index (χ1v) is 8.01. The van der Waals surface area contributed by atoms with Gasteiger partial charge in [0.05, 0.1) is 0 Å². The van der Waals surface area contributed by atoms with Crippen molar-refractivity contribution < 1.29 is 14.3 Å². The maximum Gasteiger partial charge on any atom is 0.410 e. The second kappa shape index (κ2) is 5.25. The molecule has 2 fully saturated rings. The van der Waals surface area contributed by atoms with Gasteiger partial charge in [-0.15, -0.1) is 0 Å². The Bertz CT molecular complexity index is 617. The monoisotopic (exact) mass is 316 g/mol. The van der Waals surface area contributed by atoms with Crippen LogP contribution in [-0.2, 0) is 4.74 Å². The highest BCUT2D eigenvalue weighted by Gasteiger charge is 2.54. The summed E-state index contributed by atoms with van der Waals surface area (Å²) in [6.45, 7) is 10.7. The van der Waals surface area contributed by atoms with Crippen molar-refractivity contribution in [3.8, 4) is 0 Å². The number of likely N-dealkylation sites (tertiary alicyclic amines) is 1. The molecular weight excluding hydrogens is 292 g/mol. The number of benzene rings is 1. The van der Waals surface area contributed by atoms with Gasteiger partial charge in [0.1, 0.15) is 5.60 Å². The van der Waals surface area contributed by atoms with Gasteiger partial charge in [0.25, 0.3) is 0 Å². The third-order valence-electron chi connectivity index (χ3n) is 4.40. The van der Waals surface area contributed by atoms with Crippen LogP contribution in [0.3, 0.4) is 0 Å². The van der Waals surface area contributed by atoms with Crippen molar-refractivity contribution >= 4 is 17.6 Å². The molecule has 2 heterocycles. The zero-order valence-electron chi connectivity index (χ0n) is 14.3. The van der Waals surface area contributed by atoms with E-state index >= 15 is 0 Å². The number of carbonyl (C=O) groups is 2. The molecule has 1 aromatic rings. The molecule has 0 radical (unpaired) electrons. The normalized spacial score (nSPS) is 19.1. The van der Waals surface area contributed by atoms with Gasteiger partial charge in [0.2, 0.25) is 0 Å². The Labute approximate surface area is 137 Å². The van der Waals surface area contributed by atoms with Crippen LogP contribution < -0.4 is 4.90 Å². The molecule has 124 valence electrons. The molecule has 0 atom stereocenters. The quantitative estimate of drug-likeness (QED) is 0.787. The molecule has 23 heavy (non-hydrogen) atoms. The summed E-state index contributed by atoms with van der Waals surface area (Å²) in [6.07, 6.45) is -0.215. The average molecular weight is 316 g/mol. The van der Waals surface area contributed by atoms with Crippen molar-refractivity contribution in [2.75, 3.05) is 31.1 Å². The number of hydrogen-bond acceptors (Lipinski definition) is 4. The largest absolute Gasteiger partial charge is 0.444 e. The van der Waals surface area contributed by atoms with E-state index in [-0.39, 0.29) is 17.3 Å². The third kappa shape index (κ3) is 3.19. The average Bonchev–Trinajstić information content (AvgIpc) is 2.33. The first-order chi connectivity index (χ1) is 10.7. The maximum absolute atomic E-state index is 12.0. The number of Topliss-reactive ketones (excluding diaryl/α,β-unsaturated/α-hetero) is 1. The Morgan fingerprint density at radius 2 is 1.61 bits per heavy atom. The molecule has 3 rings (SSSR count). The van der Waals surface area contributed by atoms with Crippen LogP contribution in [0.5, 0.6) is 0 Å². The van der Waals surface area contributed by atoms with Crippen molar-refractivity contribution in [3.05, 3.63) is 29.8 Å². The van der Waals surface area contributed by atoms with Crippen molar-refractivity contribution in [1.82, 2.24) is 4.90 Å². The Morgan fingerprint density at radius 1 is 1.04 bits per heavy atom. The Morgan fingerprint density at radius 3 is 2.09 bits per heavy atom. The standard InChI is InChI=1S/C18H24N2O3/c1-13(21)14-5-7-15(8-6-14)19-9-18(10-19)11-20(12-18)16(22)23-17(2,3)4/h5-8H,9-12H2,1-4H3. The molecule has 2 aliphatic rings. The minimum atomic E-state index is -0.441. The van der Waals surface area contributed by atoms with E-state index in [1.54, 1.807) is 11.8 Å². The number of amides is 1. The molecule has 0 aromatic heterocycles. The lowest BCUT2D eigenvalue weighted by Gasteiger charge is -2.60. The van der Waals surface area contributed by atoms with Crippen LogP contribution >= 0.6 is 0 Å². The summed E-state index contributed by atoms with van der Waals surface area (Å²) in [5, 5.41) is 0. The van der Waals surface area contributed by atoms with E-state index in [0.29, 0.717) is 0 Å². The summed E-state index contributed by atoms with van der Waals surface area (Å²) in [6, 6.07) is 7.73. The van der Waals surface area contributed by atoms with E-state index in [9.17, 15) is 9.59 Å². The van der Waals surface area contributed by atoms with E-state index in [1.807, 2.05) is 45.0 Å². The Hall–Kier alpha value is -2.04. The fourth-order valence-electron chi connectivity index (χ4n) is 3.27. The van der Waals surface area contributed by atoms with Gasteiger partial charge in [-0.2, -0.15) is 0 Å². The number of carbonyl (C=O) groups excluding carboxylic acids is 2. The van der Waals surface area contributed by atoms with Crippen LogP contribution in [0.1, 0.15) is 38.1 Å². The van der Waals surface area contributed by atoms with Gasteiger partial charge in [-0.25, -0.2) is 4.79 Å². The summed E-state index contributed by atoms with van der Waals surface area (Å²) >= 11 is 0. The molecular formula is C18H24N2O3. The molecule has 0 bridgehead atoms. The first-order valence-electron chi connectivity index (χ1n) is 8.01. The van der Waals surface area contributed by atoms with Crippen LogP contribution in [0.25, 0.3) is 0 Å². The number of hydrogen-bond donors (Lipinski definition) is 0. The molecule has 1 aromatic carbocycles. The Kier molecular flexibility index (Phi) is 3.62. The highest BCUT2D eigenvalue weighted by Crippen LogP contribution is 2.42. The smallest absolute Gasteiger partial charge is 0.410 e. The highest BCUT2D eigenvalue weighted by molar-refractivity contribution is 5.94. The number of ether oxygens (including phenoxy) is 1. The molecule has 1 spiro atoms. The van der Waals surface area contributed by atoms with Crippen molar-refractivity contribution in [3.63, 3.8) is 0 Å². The van der Waals surface area contributed by atoms with Gasteiger partial charge >= 0.3 is 6.09 Å². The summed E-state index contributed by atoms with van der Waals surface area (Å²) in [5.41, 5.74) is 1.65. The van der Waals surface area contributed by atoms with Crippen LogP contribution in [0.15, 0.2) is 24.3 Å². The van der Waals surface area contributed by atoms with E-state index in [4.69, 9.17) is 4.74 Å². The predicted molar refractivity (Wildman–Crippen MR) is 88.9 cm³/mol.